The molecule has 0 aliphatic heterocycles. The second-order valence-corrected chi connectivity index (χ2v) is 5.86. The fourth-order valence-electron chi connectivity index (χ4n) is 1.36. The number of nitrogens with two attached hydrogens (primary N) is 2. The molecule has 0 heterocycles. The zero-order valence-corrected chi connectivity index (χ0v) is 11.7. The molecule has 1 aromatic rings. The van der Waals surface area contributed by atoms with Gasteiger partial charge in [0.05, 0.1) is 11.4 Å². The zero-order valence-electron chi connectivity index (χ0n) is 10.9. The van der Waals surface area contributed by atoms with E-state index in [1.807, 2.05) is 13.8 Å². The van der Waals surface area contributed by atoms with Gasteiger partial charge in [-0.2, -0.15) is 0 Å². The van der Waals surface area contributed by atoms with Gasteiger partial charge in [-0.25, -0.2) is 24.4 Å². The van der Waals surface area contributed by atoms with Crippen LogP contribution in [0.2, 0.25) is 0 Å². The molecule has 0 saturated carbocycles. The van der Waals surface area contributed by atoms with E-state index in [1.165, 1.54) is 12.1 Å². The molecule has 0 unspecified atom stereocenters. The van der Waals surface area contributed by atoms with Gasteiger partial charge in [0, 0.05) is 6.04 Å². The predicted octanol–water partition coefficient (Wildman–Crippen LogP) is -0.349. The van der Waals surface area contributed by atoms with Crippen molar-refractivity contribution in [3.63, 3.8) is 0 Å². The van der Waals surface area contributed by atoms with E-state index in [2.05, 4.69) is 15.7 Å². The third kappa shape index (κ3) is 5.25. The predicted molar refractivity (Wildman–Crippen MR) is 74.5 cm³/mol. The third-order valence-corrected chi connectivity index (χ3v) is 3.16. The highest BCUT2D eigenvalue weighted by Gasteiger charge is 2.06. The monoisotopic (exact) mass is 285 g/mol. The lowest BCUT2D eigenvalue weighted by atomic mass is 10.2. The van der Waals surface area contributed by atoms with E-state index in [-0.39, 0.29) is 10.9 Å². The first-order valence-corrected chi connectivity index (χ1v) is 7.27. The lowest BCUT2D eigenvalue weighted by Crippen LogP contribution is -2.44. The maximum Gasteiger partial charge on any atom is 0.238 e. The van der Waals surface area contributed by atoms with Crippen molar-refractivity contribution in [2.45, 2.75) is 31.3 Å². The van der Waals surface area contributed by atoms with Crippen LogP contribution in [0.4, 0.5) is 0 Å². The van der Waals surface area contributed by atoms with E-state index in [4.69, 9.17) is 11.0 Å². The average molecular weight is 285 g/mol. The van der Waals surface area contributed by atoms with Crippen molar-refractivity contribution in [3.05, 3.63) is 29.8 Å². The molecule has 0 aromatic heterocycles. The molecule has 0 spiro atoms. The smallest absolute Gasteiger partial charge is 0.238 e. The van der Waals surface area contributed by atoms with Crippen molar-refractivity contribution in [1.29, 1.82) is 0 Å². The fraction of sp³-hybridized carbons (Fsp3) is 0.364. The van der Waals surface area contributed by atoms with Crippen LogP contribution < -0.4 is 21.7 Å². The van der Waals surface area contributed by atoms with Crippen molar-refractivity contribution in [3.8, 4) is 0 Å². The van der Waals surface area contributed by atoms with Gasteiger partial charge in [0.2, 0.25) is 16.0 Å². The van der Waals surface area contributed by atoms with Crippen LogP contribution in [0.5, 0.6) is 0 Å². The summed E-state index contributed by atoms with van der Waals surface area (Å²) in [6.07, 6.45) is 0. The molecule has 0 atom stereocenters. The summed E-state index contributed by atoms with van der Waals surface area (Å²) in [6.45, 7) is 4.31. The van der Waals surface area contributed by atoms with Gasteiger partial charge in [0.15, 0.2) is 0 Å². The number of nitrogens with one attached hydrogen (secondary N) is 2. The minimum atomic E-state index is -3.65. The van der Waals surface area contributed by atoms with Gasteiger partial charge in [-0.1, -0.05) is 12.1 Å². The van der Waals surface area contributed by atoms with Crippen LogP contribution in [-0.2, 0) is 16.6 Å². The topological polar surface area (TPSA) is 123 Å². The second-order valence-electron chi connectivity index (χ2n) is 4.30. The highest BCUT2D eigenvalue weighted by atomic mass is 32.2. The van der Waals surface area contributed by atoms with Crippen LogP contribution in [0, 0.1) is 0 Å². The molecule has 7 nitrogen and oxygen atoms in total. The third-order valence-electron chi connectivity index (χ3n) is 2.23. The number of guanidine groups is 1. The molecule has 8 heteroatoms. The van der Waals surface area contributed by atoms with Gasteiger partial charge in [0.1, 0.15) is 0 Å². The summed E-state index contributed by atoms with van der Waals surface area (Å²) in [4.78, 5) is 4.31. The number of benzene rings is 1. The summed E-state index contributed by atoms with van der Waals surface area (Å²) >= 11 is 0. The number of rotatable bonds is 4. The van der Waals surface area contributed by atoms with Crippen molar-refractivity contribution in [2.75, 3.05) is 0 Å². The molecule has 19 heavy (non-hydrogen) atoms. The summed E-state index contributed by atoms with van der Waals surface area (Å²) in [5, 5.41) is 8.05. The van der Waals surface area contributed by atoms with Crippen molar-refractivity contribution in [1.82, 2.24) is 10.7 Å². The highest BCUT2D eigenvalue weighted by Crippen LogP contribution is 2.09. The minimum Gasteiger partial charge on any atom is -0.353 e. The van der Waals surface area contributed by atoms with E-state index in [9.17, 15) is 8.42 Å². The van der Waals surface area contributed by atoms with Gasteiger partial charge < -0.3 is 5.32 Å². The first-order valence-electron chi connectivity index (χ1n) is 5.72. The lowest BCUT2D eigenvalue weighted by molar-refractivity contribution is 0.597. The molecule has 0 aliphatic carbocycles. The van der Waals surface area contributed by atoms with E-state index < -0.39 is 10.0 Å². The molecule has 6 N–H and O–H groups in total. The molecule has 0 amide bonds. The number of nitrogens with zero attached hydrogens (tertiary/aromatic N) is 1. The van der Waals surface area contributed by atoms with Gasteiger partial charge in [-0.05, 0) is 31.5 Å². The second kappa shape index (κ2) is 6.50. The van der Waals surface area contributed by atoms with E-state index >= 15 is 0 Å². The number of hydrazine groups is 1. The molecule has 1 aromatic carbocycles. The summed E-state index contributed by atoms with van der Waals surface area (Å²) in [7, 11) is -3.65. The van der Waals surface area contributed by atoms with Crippen LogP contribution in [0.25, 0.3) is 0 Å². The standard InChI is InChI=1S/C11H19N5O2S/c1-8(2)15-11(16-12)14-7-9-3-5-10(6-4-9)19(13,17)18/h3-6,8H,7,12H2,1-2H3,(H2,13,17,18)(H2,14,15,16). The van der Waals surface area contributed by atoms with Crippen LogP contribution in [0.3, 0.4) is 0 Å². The Balaban J connectivity index is 2.75. The Hall–Kier alpha value is -1.64. The number of hydrogen-bond acceptors (Lipinski definition) is 4. The van der Waals surface area contributed by atoms with E-state index in [0.717, 1.165) is 5.56 Å². The zero-order chi connectivity index (χ0) is 14.5. The van der Waals surface area contributed by atoms with E-state index in [1.54, 1.807) is 12.1 Å². The Morgan fingerprint density at radius 2 is 1.89 bits per heavy atom. The first kappa shape index (κ1) is 15.4. The largest absolute Gasteiger partial charge is 0.353 e. The Bertz CT molecular complexity index is 537. The average Bonchev–Trinajstić information content (AvgIpc) is 2.33. The minimum absolute atomic E-state index is 0.0812. The fourth-order valence-corrected chi connectivity index (χ4v) is 1.88. The van der Waals surface area contributed by atoms with Gasteiger partial charge in [-0.3, -0.25) is 5.43 Å². The first-order chi connectivity index (χ1) is 8.82. The summed E-state index contributed by atoms with van der Waals surface area (Å²) < 4.78 is 22.2. The Morgan fingerprint density at radius 1 is 1.32 bits per heavy atom. The molecule has 106 valence electrons. The van der Waals surface area contributed by atoms with Crippen molar-refractivity contribution < 1.29 is 8.42 Å². The number of sulfonamides is 1. The Kier molecular flexibility index (Phi) is 5.28. The van der Waals surface area contributed by atoms with Gasteiger partial charge >= 0.3 is 0 Å². The van der Waals surface area contributed by atoms with Crippen molar-refractivity contribution >= 4 is 16.0 Å². The van der Waals surface area contributed by atoms with Gasteiger partial charge in [-0.15, -0.1) is 0 Å². The summed E-state index contributed by atoms with van der Waals surface area (Å²) in [5.41, 5.74) is 3.31. The highest BCUT2D eigenvalue weighted by molar-refractivity contribution is 7.89. The molecule has 0 bridgehead atoms. The van der Waals surface area contributed by atoms with E-state index in [0.29, 0.717) is 12.5 Å². The molecule has 0 aliphatic rings. The maximum absolute atomic E-state index is 11.1. The van der Waals surface area contributed by atoms with Crippen LogP contribution >= 0.6 is 0 Å². The Labute approximate surface area is 113 Å². The summed E-state index contributed by atoms with van der Waals surface area (Å²) in [6, 6.07) is 6.43. The molecule has 1 rings (SSSR count). The van der Waals surface area contributed by atoms with Crippen LogP contribution in [0.1, 0.15) is 19.4 Å². The lowest BCUT2D eigenvalue weighted by Gasteiger charge is -2.11. The molecular weight excluding hydrogens is 266 g/mol. The number of hydrogen-bond donors (Lipinski definition) is 4. The van der Waals surface area contributed by atoms with Crippen molar-refractivity contribution in [2.24, 2.45) is 16.0 Å². The maximum atomic E-state index is 11.1. The SMILES string of the molecule is CC(C)NC(=NCc1ccc(S(N)(=O)=O)cc1)NN. The molecular formula is C11H19N5O2S. The molecule has 0 fully saturated rings. The summed E-state index contributed by atoms with van der Waals surface area (Å²) in [5.74, 6) is 5.80. The molecule has 0 radical (unpaired) electrons. The Morgan fingerprint density at radius 3 is 2.32 bits per heavy atom. The number of aliphatic imine (C=N–C) groups is 1. The van der Waals surface area contributed by atoms with Crippen LogP contribution in [0.15, 0.2) is 34.2 Å². The number of primary sulfonamides is 1. The normalized spacial score (nSPS) is 12.6. The van der Waals surface area contributed by atoms with Crippen LogP contribution in [-0.4, -0.2) is 20.4 Å². The van der Waals surface area contributed by atoms with Gasteiger partial charge in [0.25, 0.3) is 0 Å². The quantitative estimate of drug-likeness (QED) is 0.261. The molecule has 0 saturated heterocycles.